The van der Waals surface area contributed by atoms with Crippen LogP contribution < -0.4 is 5.32 Å². The molecular weight excluding hydrogens is 518 g/mol. The van der Waals surface area contributed by atoms with Crippen LogP contribution in [0.5, 0.6) is 0 Å². The average molecular weight is 544 g/mol. The minimum absolute atomic E-state index is 0.0735. The number of nitrogens with zero attached hydrogens (tertiary/aromatic N) is 5. The van der Waals surface area contributed by atoms with Crippen LogP contribution in [0.15, 0.2) is 18.3 Å². The van der Waals surface area contributed by atoms with Gasteiger partial charge in [0.05, 0.1) is 11.6 Å². The molecule has 2 aromatic rings. The Hall–Kier alpha value is -3.47. The summed E-state index contributed by atoms with van der Waals surface area (Å²) in [5.41, 5.74) is 1.39. The van der Waals surface area contributed by atoms with Gasteiger partial charge in [-0.3, -0.25) is 14.1 Å². The number of piperazine rings is 1. The van der Waals surface area contributed by atoms with Crippen LogP contribution in [0.3, 0.4) is 0 Å². The van der Waals surface area contributed by atoms with Gasteiger partial charge in [-0.1, -0.05) is 0 Å². The number of carboxylic acid groups (broad SMARTS) is 2. The first-order chi connectivity index (χ1) is 16.8. The number of aromatic nitrogens is 3. The van der Waals surface area contributed by atoms with Crippen molar-refractivity contribution in [2.75, 3.05) is 33.7 Å². The van der Waals surface area contributed by atoms with E-state index >= 15 is 0 Å². The van der Waals surface area contributed by atoms with Crippen LogP contribution in [0, 0.1) is 0 Å². The quantitative estimate of drug-likeness (QED) is 0.496. The first kappa shape index (κ1) is 31.6. The third-order valence-electron chi connectivity index (χ3n) is 4.74. The summed E-state index contributed by atoms with van der Waals surface area (Å²) in [6.07, 6.45) is -8.33. The molecule has 0 saturated carbocycles. The molecule has 1 saturated heterocycles. The molecule has 0 aromatic carbocycles. The molecule has 11 nitrogen and oxygen atoms in total. The molecule has 208 valence electrons. The first-order valence-electron chi connectivity index (χ1n) is 10.5. The van der Waals surface area contributed by atoms with E-state index in [0.29, 0.717) is 5.56 Å². The van der Waals surface area contributed by atoms with Crippen molar-refractivity contribution in [2.45, 2.75) is 38.3 Å². The summed E-state index contributed by atoms with van der Waals surface area (Å²) >= 11 is 0. The van der Waals surface area contributed by atoms with E-state index in [4.69, 9.17) is 19.8 Å². The number of pyridine rings is 1. The highest BCUT2D eigenvalue weighted by molar-refractivity contribution is 5.94. The fourth-order valence-corrected chi connectivity index (χ4v) is 2.90. The van der Waals surface area contributed by atoms with Crippen molar-refractivity contribution in [1.82, 2.24) is 29.7 Å². The molecule has 3 rings (SSSR count). The standard InChI is InChI=1S/C16H24N6O.2C2HF3O2/c1-11(2)17-16(23)12-5-6-14-18-19-15(22(14)9-12)13-10-20(3)7-8-21(13)4;2*3-2(4,5)1(6)7/h5-6,9,11,13H,7-8,10H2,1-4H3,(H,17,23);2*(H,6,7). The molecule has 1 atom stereocenters. The lowest BCUT2D eigenvalue weighted by molar-refractivity contribution is -0.193. The number of hydrogen-bond donors (Lipinski definition) is 3. The molecule has 0 bridgehead atoms. The molecule has 1 unspecified atom stereocenters. The van der Waals surface area contributed by atoms with Crippen LogP contribution in [0.25, 0.3) is 5.65 Å². The van der Waals surface area contributed by atoms with Gasteiger partial charge >= 0.3 is 24.3 Å². The maximum atomic E-state index is 12.2. The summed E-state index contributed by atoms with van der Waals surface area (Å²) in [5.74, 6) is -4.70. The maximum absolute atomic E-state index is 12.2. The normalized spacial score (nSPS) is 16.9. The zero-order valence-corrected chi connectivity index (χ0v) is 20.1. The van der Waals surface area contributed by atoms with Gasteiger partial charge in [0.25, 0.3) is 5.91 Å². The zero-order chi connectivity index (χ0) is 28.7. The Bertz CT molecular complexity index is 1060. The Morgan fingerprint density at radius 2 is 1.49 bits per heavy atom. The number of carbonyl (C=O) groups is 3. The van der Waals surface area contributed by atoms with Crippen LogP contribution in [0.4, 0.5) is 26.3 Å². The molecule has 1 fully saturated rings. The van der Waals surface area contributed by atoms with Gasteiger partial charge in [-0.25, -0.2) is 9.59 Å². The third-order valence-corrected chi connectivity index (χ3v) is 4.74. The van der Waals surface area contributed by atoms with Gasteiger partial charge < -0.3 is 20.4 Å². The van der Waals surface area contributed by atoms with Crippen LogP contribution in [0.2, 0.25) is 0 Å². The van der Waals surface area contributed by atoms with Crippen LogP contribution in [-0.2, 0) is 9.59 Å². The molecule has 1 aliphatic heterocycles. The van der Waals surface area contributed by atoms with E-state index in [1.54, 1.807) is 6.07 Å². The van der Waals surface area contributed by atoms with E-state index < -0.39 is 24.3 Å². The van der Waals surface area contributed by atoms with Crippen molar-refractivity contribution in [3.63, 3.8) is 0 Å². The molecule has 3 heterocycles. The summed E-state index contributed by atoms with van der Waals surface area (Å²) in [7, 11) is 4.22. The van der Waals surface area contributed by atoms with Crippen molar-refractivity contribution in [3.05, 3.63) is 29.7 Å². The Morgan fingerprint density at radius 1 is 0.973 bits per heavy atom. The first-order valence-corrected chi connectivity index (χ1v) is 10.5. The fraction of sp³-hybridized carbons (Fsp3) is 0.550. The van der Waals surface area contributed by atoms with Gasteiger partial charge in [0.1, 0.15) is 0 Å². The minimum atomic E-state index is -5.08. The second-order valence-electron chi connectivity index (χ2n) is 8.20. The number of amides is 1. The van der Waals surface area contributed by atoms with Crippen molar-refractivity contribution in [1.29, 1.82) is 0 Å². The van der Waals surface area contributed by atoms with Gasteiger partial charge in [-0.2, -0.15) is 26.3 Å². The molecule has 37 heavy (non-hydrogen) atoms. The molecule has 17 heteroatoms. The molecule has 0 aliphatic carbocycles. The number of nitrogens with one attached hydrogen (secondary N) is 1. The molecule has 0 radical (unpaired) electrons. The van der Waals surface area contributed by atoms with Gasteiger partial charge in [0, 0.05) is 31.9 Å². The lowest BCUT2D eigenvalue weighted by atomic mass is 10.1. The van der Waals surface area contributed by atoms with E-state index in [1.165, 1.54) is 0 Å². The van der Waals surface area contributed by atoms with E-state index in [2.05, 4.69) is 39.4 Å². The van der Waals surface area contributed by atoms with Gasteiger partial charge in [0.15, 0.2) is 11.5 Å². The van der Waals surface area contributed by atoms with Crippen LogP contribution in [-0.4, -0.2) is 105 Å². The lowest BCUT2D eigenvalue weighted by Crippen LogP contribution is -2.45. The summed E-state index contributed by atoms with van der Waals surface area (Å²) in [6.45, 7) is 6.84. The summed E-state index contributed by atoms with van der Waals surface area (Å²) < 4.78 is 65.4. The number of fused-ring (bicyclic) bond motifs is 1. The summed E-state index contributed by atoms with van der Waals surface area (Å²) in [4.78, 5) is 34.6. The van der Waals surface area contributed by atoms with Crippen molar-refractivity contribution >= 4 is 23.5 Å². The molecule has 1 amide bonds. The number of halogens is 6. The Labute approximate surface area is 206 Å². The molecule has 0 spiro atoms. The Morgan fingerprint density at radius 3 is 1.95 bits per heavy atom. The number of carbonyl (C=O) groups excluding carboxylic acids is 1. The highest BCUT2D eigenvalue weighted by Crippen LogP contribution is 2.23. The summed E-state index contributed by atoms with van der Waals surface area (Å²) in [6, 6.07) is 3.92. The Kier molecular flexibility index (Phi) is 10.8. The molecular formula is C20H26F6N6O5. The average Bonchev–Trinajstić information content (AvgIpc) is 3.17. The topological polar surface area (TPSA) is 140 Å². The monoisotopic (exact) mass is 544 g/mol. The molecule has 1 aliphatic rings. The number of rotatable bonds is 3. The van der Waals surface area contributed by atoms with Gasteiger partial charge in [-0.05, 0) is 40.1 Å². The minimum Gasteiger partial charge on any atom is -0.475 e. The van der Waals surface area contributed by atoms with Crippen molar-refractivity contribution in [3.8, 4) is 0 Å². The van der Waals surface area contributed by atoms with Gasteiger partial charge in [0.2, 0.25) is 0 Å². The fourth-order valence-electron chi connectivity index (χ4n) is 2.90. The van der Waals surface area contributed by atoms with E-state index in [0.717, 1.165) is 31.1 Å². The predicted molar refractivity (Wildman–Crippen MR) is 116 cm³/mol. The van der Waals surface area contributed by atoms with E-state index in [1.807, 2.05) is 30.5 Å². The largest absolute Gasteiger partial charge is 0.490 e. The van der Waals surface area contributed by atoms with E-state index in [9.17, 15) is 31.1 Å². The second kappa shape index (κ2) is 12.7. The van der Waals surface area contributed by atoms with Gasteiger partial charge in [-0.15, -0.1) is 10.2 Å². The van der Waals surface area contributed by atoms with Crippen molar-refractivity contribution in [2.24, 2.45) is 0 Å². The molecule has 2 aromatic heterocycles. The third kappa shape index (κ3) is 9.83. The SMILES string of the molecule is CC(C)NC(=O)c1ccc2nnc(C3CN(C)CCN3C)n2c1.O=C(O)C(F)(F)F.O=C(O)C(F)(F)F. The lowest BCUT2D eigenvalue weighted by Gasteiger charge is -2.36. The number of likely N-dealkylation sites (N-methyl/N-ethyl adjacent to an activating group) is 2. The highest BCUT2D eigenvalue weighted by Gasteiger charge is 2.38. The number of carboxylic acids is 2. The maximum Gasteiger partial charge on any atom is 0.490 e. The van der Waals surface area contributed by atoms with Crippen LogP contribution in [0.1, 0.15) is 36.1 Å². The predicted octanol–water partition coefficient (Wildman–Crippen LogP) is 2.05. The second-order valence-corrected chi connectivity index (χ2v) is 8.20. The highest BCUT2D eigenvalue weighted by atomic mass is 19.4. The number of hydrogen-bond acceptors (Lipinski definition) is 7. The van der Waals surface area contributed by atoms with Crippen molar-refractivity contribution < 1.29 is 50.9 Å². The summed E-state index contributed by atoms with van der Waals surface area (Å²) in [5, 5.41) is 25.8. The molecule has 3 N–H and O–H groups in total. The van der Waals surface area contributed by atoms with Crippen LogP contribution >= 0.6 is 0 Å². The zero-order valence-electron chi connectivity index (χ0n) is 20.1. The Balaban J connectivity index is 0.000000404. The smallest absolute Gasteiger partial charge is 0.475 e. The van der Waals surface area contributed by atoms with E-state index in [-0.39, 0.29) is 18.0 Å². The number of aliphatic carboxylic acids is 2. The number of alkyl halides is 6.